The second kappa shape index (κ2) is 9.83. The highest BCUT2D eigenvalue weighted by atomic mass is 14.5. The van der Waals surface area contributed by atoms with E-state index in [1.165, 1.54) is 25.7 Å². The van der Waals surface area contributed by atoms with Crippen LogP contribution < -0.4 is 0 Å². The number of hydrogen-bond donors (Lipinski definition) is 0. The lowest BCUT2D eigenvalue weighted by molar-refractivity contribution is 0.0460. The smallest absolute Gasteiger partial charge is 0.0329 e. The van der Waals surface area contributed by atoms with E-state index >= 15 is 0 Å². The van der Waals surface area contributed by atoms with Crippen molar-refractivity contribution in [2.45, 2.75) is 87.5 Å². The Hall–Kier alpha value is 0. The normalized spacial score (nSPS) is 33.2. The molecule has 0 radical (unpaired) electrons. The molecule has 0 aromatic rings. The van der Waals surface area contributed by atoms with Crippen molar-refractivity contribution >= 4 is 0 Å². The van der Waals surface area contributed by atoms with Crippen molar-refractivity contribution in [1.82, 2.24) is 0 Å². The molecule has 4 atom stereocenters. The summed E-state index contributed by atoms with van der Waals surface area (Å²) in [6.07, 6.45) is 7.65. The van der Waals surface area contributed by atoms with E-state index in [0.29, 0.717) is 0 Å². The second-order valence-electron chi connectivity index (χ2n) is 6.66. The number of hydrogen-bond acceptors (Lipinski definition) is 0. The van der Waals surface area contributed by atoms with Gasteiger partial charge in [-0.3, -0.25) is 0 Å². The molecule has 0 aliphatic heterocycles. The summed E-state index contributed by atoms with van der Waals surface area (Å²) in [5.74, 6) is 6.05. The zero-order chi connectivity index (χ0) is 15.0. The highest BCUT2D eigenvalue weighted by Crippen LogP contribution is 2.52. The van der Waals surface area contributed by atoms with Gasteiger partial charge in [-0.25, -0.2) is 0 Å². The molecule has 0 saturated heterocycles. The van der Waals surface area contributed by atoms with Crippen LogP contribution in [0.3, 0.4) is 0 Å². The Balaban J connectivity index is 0.000000741. The summed E-state index contributed by atoms with van der Waals surface area (Å²) in [4.78, 5) is 0. The Bertz CT molecular complexity index is 202. The van der Waals surface area contributed by atoms with Gasteiger partial charge < -0.3 is 0 Å². The SMILES string of the molecule is CC.CC.CC(C)C1CCC2CCCC2C1C(C)C. The first kappa shape index (κ1) is 19.0. The van der Waals surface area contributed by atoms with E-state index in [9.17, 15) is 0 Å². The fourth-order valence-corrected chi connectivity index (χ4v) is 4.61. The Morgan fingerprint density at radius 3 is 1.74 bits per heavy atom. The van der Waals surface area contributed by atoms with Gasteiger partial charge in [0.1, 0.15) is 0 Å². The standard InChI is InChI=1S/C15H28.2C2H6/c1-10(2)13-9-8-12-6-5-7-14(12)15(13)11(3)4;2*1-2/h10-15H,5-9H2,1-4H3;2*1-2H3. The minimum absolute atomic E-state index is 0.902. The lowest BCUT2D eigenvalue weighted by Crippen LogP contribution is -2.37. The van der Waals surface area contributed by atoms with Crippen molar-refractivity contribution in [3.63, 3.8) is 0 Å². The molecule has 0 heterocycles. The lowest BCUT2D eigenvalue weighted by atomic mass is 9.61. The molecule has 19 heavy (non-hydrogen) atoms. The molecule has 0 aromatic carbocycles. The molecule has 0 aromatic heterocycles. The number of fused-ring (bicyclic) bond motifs is 1. The Morgan fingerprint density at radius 1 is 0.684 bits per heavy atom. The molecule has 2 aliphatic carbocycles. The van der Waals surface area contributed by atoms with Gasteiger partial charge in [-0.2, -0.15) is 0 Å². The van der Waals surface area contributed by atoms with Crippen LogP contribution in [-0.4, -0.2) is 0 Å². The van der Waals surface area contributed by atoms with Gasteiger partial charge in [0.2, 0.25) is 0 Å². The molecular weight excluding hydrogens is 228 g/mol. The molecular formula is C19H40. The van der Waals surface area contributed by atoms with Gasteiger partial charge in [-0.1, -0.05) is 68.2 Å². The van der Waals surface area contributed by atoms with Gasteiger partial charge >= 0.3 is 0 Å². The fourth-order valence-electron chi connectivity index (χ4n) is 4.61. The third kappa shape index (κ3) is 4.80. The van der Waals surface area contributed by atoms with Crippen LogP contribution in [0.2, 0.25) is 0 Å². The van der Waals surface area contributed by atoms with Crippen LogP contribution in [0.1, 0.15) is 87.5 Å². The summed E-state index contributed by atoms with van der Waals surface area (Å²) >= 11 is 0. The Kier molecular flexibility index (Phi) is 9.83. The van der Waals surface area contributed by atoms with Crippen LogP contribution in [0.25, 0.3) is 0 Å². The first-order valence-electron chi connectivity index (χ1n) is 9.11. The molecule has 0 spiro atoms. The second-order valence-corrected chi connectivity index (χ2v) is 6.66. The van der Waals surface area contributed by atoms with E-state index < -0.39 is 0 Å². The third-order valence-corrected chi connectivity index (χ3v) is 5.20. The van der Waals surface area contributed by atoms with Crippen molar-refractivity contribution in [3.8, 4) is 0 Å². The number of rotatable bonds is 2. The summed E-state index contributed by atoms with van der Waals surface area (Å²) in [5.41, 5.74) is 0. The minimum atomic E-state index is 0.902. The van der Waals surface area contributed by atoms with E-state index in [1.54, 1.807) is 6.42 Å². The minimum Gasteiger partial charge on any atom is -0.0683 e. The maximum absolute atomic E-state index is 2.46. The van der Waals surface area contributed by atoms with E-state index in [4.69, 9.17) is 0 Å². The summed E-state index contributed by atoms with van der Waals surface area (Å²) in [7, 11) is 0. The fraction of sp³-hybridized carbons (Fsp3) is 1.00. The average molecular weight is 269 g/mol. The van der Waals surface area contributed by atoms with Crippen molar-refractivity contribution in [1.29, 1.82) is 0 Å². The molecule has 0 amide bonds. The van der Waals surface area contributed by atoms with Crippen LogP contribution in [0.15, 0.2) is 0 Å². The maximum atomic E-state index is 2.46. The van der Waals surface area contributed by atoms with E-state index in [2.05, 4.69) is 27.7 Å². The van der Waals surface area contributed by atoms with Crippen molar-refractivity contribution in [3.05, 3.63) is 0 Å². The Morgan fingerprint density at radius 2 is 1.26 bits per heavy atom. The molecule has 2 fully saturated rings. The topological polar surface area (TPSA) is 0 Å². The van der Waals surface area contributed by atoms with Crippen molar-refractivity contribution in [2.24, 2.45) is 35.5 Å². The average Bonchev–Trinajstić information content (AvgIpc) is 2.89. The molecule has 116 valence electrons. The zero-order valence-electron chi connectivity index (χ0n) is 15.0. The molecule has 4 unspecified atom stereocenters. The van der Waals surface area contributed by atoms with Gasteiger partial charge in [0.25, 0.3) is 0 Å². The quantitative estimate of drug-likeness (QED) is 0.517. The van der Waals surface area contributed by atoms with Crippen LogP contribution in [0.5, 0.6) is 0 Å². The van der Waals surface area contributed by atoms with Gasteiger partial charge in [0.15, 0.2) is 0 Å². The van der Waals surface area contributed by atoms with Crippen LogP contribution in [0.4, 0.5) is 0 Å². The molecule has 0 nitrogen and oxygen atoms in total. The van der Waals surface area contributed by atoms with Gasteiger partial charge in [0.05, 0.1) is 0 Å². The molecule has 2 rings (SSSR count). The highest BCUT2D eigenvalue weighted by Gasteiger charge is 2.43. The predicted molar refractivity (Wildman–Crippen MR) is 89.4 cm³/mol. The summed E-state index contributed by atoms with van der Waals surface area (Å²) in [6.45, 7) is 17.8. The third-order valence-electron chi connectivity index (χ3n) is 5.20. The van der Waals surface area contributed by atoms with Gasteiger partial charge in [-0.15, -0.1) is 0 Å². The van der Waals surface area contributed by atoms with E-state index in [1.807, 2.05) is 27.7 Å². The van der Waals surface area contributed by atoms with E-state index in [-0.39, 0.29) is 0 Å². The summed E-state index contributed by atoms with van der Waals surface area (Å²) in [5, 5.41) is 0. The zero-order valence-corrected chi connectivity index (χ0v) is 15.0. The van der Waals surface area contributed by atoms with Crippen LogP contribution in [-0.2, 0) is 0 Å². The highest BCUT2D eigenvalue weighted by molar-refractivity contribution is 4.92. The summed E-state index contributed by atoms with van der Waals surface area (Å²) in [6, 6.07) is 0. The lowest BCUT2D eigenvalue weighted by Gasteiger charge is -2.44. The van der Waals surface area contributed by atoms with Gasteiger partial charge in [0, 0.05) is 0 Å². The van der Waals surface area contributed by atoms with Gasteiger partial charge in [-0.05, 0) is 54.8 Å². The first-order valence-corrected chi connectivity index (χ1v) is 9.11. The maximum Gasteiger partial charge on any atom is -0.0329 e. The monoisotopic (exact) mass is 268 g/mol. The Labute approximate surface area is 123 Å². The molecule has 2 saturated carbocycles. The largest absolute Gasteiger partial charge is 0.0683 e. The van der Waals surface area contributed by atoms with Crippen molar-refractivity contribution in [2.75, 3.05) is 0 Å². The predicted octanol–water partition coefficient (Wildman–Crippen LogP) is 6.79. The molecule has 2 aliphatic rings. The van der Waals surface area contributed by atoms with Crippen molar-refractivity contribution < 1.29 is 0 Å². The summed E-state index contributed by atoms with van der Waals surface area (Å²) < 4.78 is 0. The van der Waals surface area contributed by atoms with Crippen LogP contribution >= 0.6 is 0 Å². The molecule has 0 N–H and O–H groups in total. The molecule has 0 bridgehead atoms. The van der Waals surface area contributed by atoms with E-state index in [0.717, 1.165) is 35.5 Å². The van der Waals surface area contributed by atoms with Crippen LogP contribution in [0, 0.1) is 35.5 Å². The molecule has 0 heteroatoms. The first-order chi connectivity index (χ1) is 9.11.